The van der Waals surface area contributed by atoms with Gasteiger partial charge >= 0.3 is 0 Å². The van der Waals surface area contributed by atoms with E-state index in [9.17, 15) is 0 Å². The molecule has 1 atom stereocenters. The summed E-state index contributed by atoms with van der Waals surface area (Å²) in [4.78, 5) is 0. The lowest BCUT2D eigenvalue weighted by Gasteiger charge is -2.33. The van der Waals surface area contributed by atoms with Gasteiger partial charge in [-0.1, -0.05) is 38.1 Å². The zero-order valence-electron chi connectivity index (χ0n) is 13.4. The molecule has 118 valence electrons. The van der Waals surface area contributed by atoms with E-state index in [0.717, 1.165) is 19.0 Å². The number of hydrogen-bond donors (Lipinski definition) is 1. The highest BCUT2D eigenvalue weighted by Crippen LogP contribution is 2.21. The third-order valence-corrected chi connectivity index (χ3v) is 4.16. The summed E-state index contributed by atoms with van der Waals surface area (Å²) in [6.45, 7) is 9.27. The molecule has 0 amide bonds. The Morgan fingerprint density at radius 1 is 1.32 bits per heavy atom. The van der Waals surface area contributed by atoms with Crippen LogP contribution in [-0.2, 0) is 16.8 Å². The van der Waals surface area contributed by atoms with Crippen LogP contribution in [0, 0.1) is 0 Å². The highest BCUT2D eigenvalue weighted by atomic mass is 16.5. The first-order chi connectivity index (χ1) is 10.6. The highest BCUT2D eigenvalue weighted by molar-refractivity contribution is 5.25. The third kappa shape index (κ3) is 3.03. The average Bonchev–Trinajstić information content (AvgIpc) is 2.97. The minimum Gasteiger partial charge on any atom is -0.378 e. The first kappa shape index (κ1) is 15.1. The fraction of sp³-hybridized carbons (Fsp3) is 0.562. The Balaban J connectivity index is 1.80. The number of nitrogens with zero attached hydrogens (tertiary/aromatic N) is 4. The summed E-state index contributed by atoms with van der Waals surface area (Å²) in [5.41, 5.74) is 2.20. The van der Waals surface area contributed by atoms with Crippen LogP contribution in [0.2, 0.25) is 0 Å². The molecule has 1 fully saturated rings. The van der Waals surface area contributed by atoms with Crippen molar-refractivity contribution in [1.29, 1.82) is 0 Å². The Morgan fingerprint density at radius 2 is 2.09 bits per heavy atom. The number of hydrogen-bond acceptors (Lipinski definition) is 5. The average molecular weight is 301 g/mol. The smallest absolute Gasteiger partial charge is 0.173 e. The molecule has 22 heavy (non-hydrogen) atoms. The van der Waals surface area contributed by atoms with Gasteiger partial charge in [-0.25, -0.2) is 4.68 Å². The number of rotatable bonds is 4. The number of nitrogens with one attached hydrogen (secondary N) is 1. The van der Waals surface area contributed by atoms with Crippen LogP contribution < -0.4 is 5.32 Å². The maximum Gasteiger partial charge on any atom is 0.173 e. The molecule has 0 spiro atoms. The van der Waals surface area contributed by atoms with Crippen molar-refractivity contribution in [2.75, 3.05) is 19.8 Å². The first-order valence-corrected chi connectivity index (χ1v) is 7.77. The van der Waals surface area contributed by atoms with E-state index in [4.69, 9.17) is 4.74 Å². The molecule has 1 N–H and O–H groups in total. The van der Waals surface area contributed by atoms with Crippen LogP contribution in [-0.4, -0.2) is 40.0 Å². The van der Waals surface area contributed by atoms with Gasteiger partial charge in [0.15, 0.2) is 5.82 Å². The maximum atomic E-state index is 5.58. The van der Waals surface area contributed by atoms with Crippen molar-refractivity contribution >= 4 is 0 Å². The molecule has 0 saturated carbocycles. The zero-order chi connectivity index (χ0) is 15.6. The van der Waals surface area contributed by atoms with Crippen LogP contribution in [0.25, 0.3) is 0 Å². The van der Waals surface area contributed by atoms with Crippen LogP contribution in [0.5, 0.6) is 0 Å². The van der Waals surface area contributed by atoms with E-state index in [1.807, 2.05) is 4.68 Å². The molecule has 1 aliphatic rings. The molecular weight excluding hydrogens is 278 g/mol. The van der Waals surface area contributed by atoms with Gasteiger partial charge in [0, 0.05) is 6.54 Å². The van der Waals surface area contributed by atoms with Gasteiger partial charge in [0.05, 0.1) is 19.8 Å². The molecule has 2 heterocycles. The second-order valence-corrected chi connectivity index (χ2v) is 6.37. The predicted molar refractivity (Wildman–Crippen MR) is 83.6 cm³/mol. The van der Waals surface area contributed by atoms with Gasteiger partial charge in [-0.3, -0.25) is 0 Å². The Bertz CT molecular complexity index is 614. The molecule has 0 radical (unpaired) electrons. The second kappa shape index (κ2) is 6.14. The molecule has 3 rings (SSSR count). The standard InChI is InChI=1S/C16H23N5O/c1-12(2)14-6-4-13(5-7-14)10-21-15(18-19-20-21)16(3)11-22-9-8-17-16/h4-7,12,17H,8-11H2,1-3H3. The molecule has 1 aromatic heterocycles. The largest absolute Gasteiger partial charge is 0.378 e. The third-order valence-electron chi connectivity index (χ3n) is 4.16. The van der Waals surface area contributed by atoms with Crippen molar-refractivity contribution in [2.45, 2.75) is 38.8 Å². The van der Waals surface area contributed by atoms with Crippen molar-refractivity contribution in [3.63, 3.8) is 0 Å². The fourth-order valence-electron chi connectivity index (χ4n) is 2.76. The Morgan fingerprint density at radius 3 is 2.73 bits per heavy atom. The second-order valence-electron chi connectivity index (χ2n) is 6.37. The normalized spacial score (nSPS) is 22.2. The van der Waals surface area contributed by atoms with E-state index in [-0.39, 0.29) is 5.54 Å². The summed E-state index contributed by atoms with van der Waals surface area (Å²) in [6, 6.07) is 8.64. The van der Waals surface area contributed by atoms with E-state index in [0.29, 0.717) is 19.1 Å². The Hall–Kier alpha value is -1.79. The number of tetrazole rings is 1. The molecule has 1 aliphatic heterocycles. The van der Waals surface area contributed by atoms with Crippen molar-refractivity contribution in [2.24, 2.45) is 0 Å². The maximum absolute atomic E-state index is 5.58. The van der Waals surface area contributed by atoms with Crippen molar-refractivity contribution in [3.8, 4) is 0 Å². The molecule has 6 heteroatoms. The summed E-state index contributed by atoms with van der Waals surface area (Å²) in [5, 5.41) is 15.7. The van der Waals surface area contributed by atoms with Gasteiger partial charge in [0.2, 0.25) is 0 Å². The van der Waals surface area contributed by atoms with Gasteiger partial charge in [0.1, 0.15) is 5.54 Å². The summed E-state index contributed by atoms with van der Waals surface area (Å²) in [7, 11) is 0. The predicted octanol–water partition coefficient (Wildman–Crippen LogP) is 1.68. The van der Waals surface area contributed by atoms with Crippen LogP contribution in [0.15, 0.2) is 24.3 Å². The monoisotopic (exact) mass is 301 g/mol. The molecule has 0 bridgehead atoms. The van der Waals surface area contributed by atoms with Gasteiger partial charge in [-0.15, -0.1) is 5.10 Å². The highest BCUT2D eigenvalue weighted by Gasteiger charge is 2.34. The van der Waals surface area contributed by atoms with Crippen LogP contribution >= 0.6 is 0 Å². The lowest BCUT2D eigenvalue weighted by atomic mass is 10.0. The van der Waals surface area contributed by atoms with Crippen LogP contribution in [0.1, 0.15) is 43.6 Å². The van der Waals surface area contributed by atoms with E-state index in [2.05, 4.69) is 65.9 Å². The molecule has 1 saturated heterocycles. The minimum absolute atomic E-state index is 0.334. The number of aromatic nitrogens is 4. The SMILES string of the molecule is CC(C)c1ccc(Cn2nnnc2C2(C)COCCN2)cc1. The summed E-state index contributed by atoms with van der Waals surface area (Å²) in [6.07, 6.45) is 0. The van der Waals surface area contributed by atoms with Gasteiger partial charge in [0.25, 0.3) is 0 Å². The van der Waals surface area contributed by atoms with Crippen molar-refractivity contribution < 1.29 is 4.74 Å². The number of morpholine rings is 1. The lowest BCUT2D eigenvalue weighted by molar-refractivity contribution is 0.0280. The number of benzene rings is 1. The van der Waals surface area contributed by atoms with Crippen LogP contribution in [0.4, 0.5) is 0 Å². The van der Waals surface area contributed by atoms with E-state index in [1.54, 1.807) is 0 Å². The summed E-state index contributed by atoms with van der Waals surface area (Å²) >= 11 is 0. The van der Waals surface area contributed by atoms with E-state index < -0.39 is 0 Å². The van der Waals surface area contributed by atoms with E-state index in [1.165, 1.54) is 11.1 Å². The van der Waals surface area contributed by atoms with Crippen molar-refractivity contribution in [1.82, 2.24) is 25.5 Å². The molecule has 0 aliphatic carbocycles. The molecule has 6 nitrogen and oxygen atoms in total. The van der Waals surface area contributed by atoms with Crippen LogP contribution in [0.3, 0.4) is 0 Å². The quantitative estimate of drug-likeness (QED) is 0.931. The molecule has 2 aromatic rings. The number of ether oxygens (including phenoxy) is 1. The first-order valence-electron chi connectivity index (χ1n) is 7.77. The lowest BCUT2D eigenvalue weighted by Crippen LogP contribution is -2.51. The van der Waals surface area contributed by atoms with E-state index >= 15 is 0 Å². The molecule has 1 aromatic carbocycles. The Kier molecular flexibility index (Phi) is 4.22. The summed E-state index contributed by atoms with van der Waals surface area (Å²) < 4.78 is 7.44. The Labute approximate surface area is 130 Å². The fourth-order valence-corrected chi connectivity index (χ4v) is 2.76. The molecular formula is C16H23N5O. The van der Waals surface area contributed by atoms with Gasteiger partial charge < -0.3 is 10.1 Å². The zero-order valence-corrected chi connectivity index (χ0v) is 13.4. The minimum atomic E-state index is -0.334. The summed E-state index contributed by atoms with van der Waals surface area (Å²) in [5.74, 6) is 1.36. The van der Waals surface area contributed by atoms with Gasteiger partial charge in [-0.2, -0.15) is 0 Å². The topological polar surface area (TPSA) is 64.9 Å². The van der Waals surface area contributed by atoms with Crippen molar-refractivity contribution in [3.05, 3.63) is 41.2 Å². The van der Waals surface area contributed by atoms with Gasteiger partial charge in [-0.05, 0) is 34.4 Å². The molecule has 1 unspecified atom stereocenters.